The van der Waals surface area contributed by atoms with E-state index in [1.54, 1.807) is 0 Å². The van der Waals surface area contributed by atoms with Gasteiger partial charge in [-0.3, -0.25) is 14.4 Å². The maximum absolute atomic E-state index is 12.8. The standard InChI is InChI=1S/C70H124O6/c1-4-7-10-13-15-17-19-21-23-25-27-29-31-33-34-35-37-38-40-42-44-46-48-50-52-54-57-60-63-69(72)75-66-67(65-74-68(71)62-59-56-12-9-6-3)76-70(73)64-61-58-55-53-51-49-47-45-43-41-39-36-32-30-28-26-24-22-20-18-16-14-11-8-5-2/h8,11,16,18,22,24,28,30,36,39,43,45,67H,4-7,9-10,12-15,17,19-21,23,25-27,29,31-35,37-38,40-42,44,46-66H2,1-3H3/b11-8-,18-16-,24-22-,30-28-,39-36-,45-43-. The lowest BCUT2D eigenvalue weighted by Crippen LogP contribution is -2.30. The van der Waals surface area contributed by atoms with E-state index in [2.05, 4.69) is 93.7 Å². The Bertz CT molecular complexity index is 1400. The fourth-order valence-electron chi connectivity index (χ4n) is 9.57. The number of carbonyl (C=O) groups is 3. The van der Waals surface area contributed by atoms with Crippen LogP contribution in [0.25, 0.3) is 0 Å². The van der Waals surface area contributed by atoms with Crippen LogP contribution in [0, 0.1) is 0 Å². The average molecular weight is 1060 g/mol. The van der Waals surface area contributed by atoms with Gasteiger partial charge < -0.3 is 14.2 Å². The highest BCUT2D eigenvalue weighted by Gasteiger charge is 2.19. The van der Waals surface area contributed by atoms with Crippen LogP contribution in [0.2, 0.25) is 0 Å². The SMILES string of the molecule is CC/C=C\C/C=C\C/C=C\C/C=C\C/C=C\C/C=C\CCCCCCCCC(=O)OC(COC(=O)CCCCCCC)COC(=O)CCCCCCCCCCCCCCCCCCCCCCCCCCCCCC. The largest absolute Gasteiger partial charge is 0.462 e. The first-order chi connectivity index (χ1) is 37.5. The minimum absolute atomic E-state index is 0.0787. The molecule has 76 heavy (non-hydrogen) atoms. The smallest absolute Gasteiger partial charge is 0.306 e. The Morgan fingerprint density at radius 1 is 0.276 bits per heavy atom. The fourth-order valence-corrected chi connectivity index (χ4v) is 9.57. The van der Waals surface area contributed by atoms with Gasteiger partial charge in [-0.1, -0.05) is 318 Å². The molecule has 0 aliphatic rings. The maximum Gasteiger partial charge on any atom is 0.306 e. The highest BCUT2D eigenvalue weighted by atomic mass is 16.6. The second kappa shape index (κ2) is 64.4. The van der Waals surface area contributed by atoms with Crippen molar-refractivity contribution in [3.8, 4) is 0 Å². The molecule has 0 fully saturated rings. The predicted octanol–water partition coefficient (Wildman–Crippen LogP) is 22.5. The topological polar surface area (TPSA) is 78.9 Å². The van der Waals surface area contributed by atoms with Crippen molar-refractivity contribution in [3.05, 3.63) is 72.9 Å². The second-order valence-electron chi connectivity index (χ2n) is 22.0. The molecular weight excluding hydrogens is 937 g/mol. The predicted molar refractivity (Wildman–Crippen MR) is 330 cm³/mol. The van der Waals surface area contributed by atoms with E-state index < -0.39 is 6.10 Å². The van der Waals surface area contributed by atoms with Crippen molar-refractivity contribution in [3.63, 3.8) is 0 Å². The highest BCUT2D eigenvalue weighted by molar-refractivity contribution is 5.71. The molecular formula is C70H124O6. The zero-order valence-corrected chi connectivity index (χ0v) is 50.5. The van der Waals surface area contributed by atoms with Gasteiger partial charge in [-0.2, -0.15) is 0 Å². The maximum atomic E-state index is 12.8. The number of rotatable bonds is 60. The molecule has 0 saturated heterocycles. The molecule has 0 aromatic carbocycles. The number of hydrogen-bond acceptors (Lipinski definition) is 6. The Morgan fingerprint density at radius 3 is 0.803 bits per heavy atom. The number of ether oxygens (including phenoxy) is 3. The van der Waals surface area contributed by atoms with Crippen LogP contribution in [0.4, 0.5) is 0 Å². The van der Waals surface area contributed by atoms with E-state index in [4.69, 9.17) is 14.2 Å². The average Bonchev–Trinajstić information content (AvgIpc) is 3.42. The van der Waals surface area contributed by atoms with Crippen LogP contribution in [-0.2, 0) is 28.6 Å². The van der Waals surface area contributed by atoms with E-state index in [9.17, 15) is 14.4 Å². The summed E-state index contributed by atoms with van der Waals surface area (Å²) in [5.74, 6) is -0.894. The van der Waals surface area contributed by atoms with Crippen molar-refractivity contribution in [2.45, 2.75) is 341 Å². The number of hydrogen-bond donors (Lipinski definition) is 0. The van der Waals surface area contributed by atoms with Crippen molar-refractivity contribution >= 4 is 17.9 Å². The van der Waals surface area contributed by atoms with Crippen molar-refractivity contribution in [2.24, 2.45) is 0 Å². The van der Waals surface area contributed by atoms with Gasteiger partial charge in [-0.25, -0.2) is 0 Å². The third-order valence-corrected chi connectivity index (χ3v) is 14.5. The van der Waals surface area contributed by atoms with Crippen LogP contribution in [0.5, 0.6) is 0 Å². The second-order valence-corrected chi connectivity index (χ2v) is 22.0. The number of carbonyl (C=O) groups excluding carboxylic acids is 3. The summed E-state index contributed by atoms with van der Waals surface area (Å²) in [5.41, 5.74) is 0. The highest BCUT2D eigenvalue weighted by Crippen LogP contribution is 2.18. The first-order valence-electron chi connectivity index (χ1n) is 32.9. The molecule has 0 spiro atoms. The van der Waals surface area contributed by atoms with Crippen LogP contribution in [0.1, 0.15) is 335 Å². The summed E-state index contributed by atoms with van der Waals surface area (Å²) in [7, 11) is 0. The van der Waals surface area contributed by atoms with E-state index in [1.807, 2.05) is 0 Å². The zero-order chi connectivity index (χ0) is 55.0. The molecule has 0 radical (unpaired) electrons. The van der Waals surface area contributed by atoms with Crippen molar-refractivity contribution in [1.82, 2.24) is 0 Å². The molecule has 440 valence electrons. The molecule has 0 amide bonds. The molecule has 0 heterocycles. The van der Waals surface area contributed by atoms with E-state index in [-0.39, 0.29) is 31.1 Å². The summed E-state index contributed by atoms with van der Waals surface area (Å²) < 4.78 is 16.8. The van der Waals surface area contributed by atoms with Gasteiger partial charge in [0, 0.05) is 19.3 Å². The van der Waals surface area contributed by atoms with E-state index in [0.29, 0.717) is 19.3 Å². The van der Waals surface area contributed by atoms with Gasteiger partial charge in [-0.15, -0.1) is 0 Å². The molecule has 1 atom stereocenters. The van der Waals surface area contributed by atoms with Crippen LogP contribution in [-0.4, -0.2) is 37.2 Å². The molecule has 0 rings (SSSR count). The summed E-state index contributed by atoms with van der Waals surface area (Å²) in [5, 5.41) is 0. The van der Waals surface area contributed by atoms with Crippen LogP contribution in [0.15, 0.2) is 72.9 Å². The van der Waals surface area contributed by atoms with Gasteiger partial charge in [0.15, 0.2) is 6.10 Å². The first kappa shape index (κ1) is 72.8. The van der Waals surface area contributed by atoms with E-state index >= 15 is 0 Å². The lowest BCUT2D eigenvalue weighted by molar-refractivity contribution is -0.167. The Labute approximate surface area is 472 Å². The summed E-state index contributed by atoms with van der Waals surface area (Å²) in [6.07, 6.45) is 84.0. The Hall–Kier alpha value is -3.15. The monoisotopic (exact) mass is 1060 g/mol. The molecule has 1 unspecified atom stereocenters. The van der Waals surface area contributed by atoms with Crippen LogP contribution >= 0.6 is 0 Å². The molecule has 6 nitrogen and oxygen atoms in total. The van der Waals surface area contributed by atoms with Crippen LogP contribution in [0.3, 0.4) is 0 Å². The molecule has 0 aromatic heterocycles. The summed E-state index contributed by atoms with van der Waals surface area (Å²) in [6.45, 7) is 6.47. The van der Waals surface area contributed by atoms with Gasteiger partial charge in [0.25, 0.3) is 0 Å². The number of allylic oxidation sites excluding steroid dienone is 12. The minimum atomic E-state index is -0.779. The lowest BCUT2D eigenvalue weighted by atomic mass is 10.0. The first-order valence-corrected chi connectivity index (χ1v) is 32.9. The third kappa shape index (κ3) is 61.7. The normalized spacial score (nSPS) is 12.5. The van der Waals surface area contributed by atoms with Gasteiger partial charge in [0.05, 0.1) is 0 Å². The summed E-state index contributed by atoms with van der Waals surface area (Å²) in [6, 6.07) is 0. The molecule has 0 aromatic rings. The molecule has 0 aliphatic heterocycles. The van der Waals surface area contributed by atoms with Crippen molar-refractivity contribution in [1.29, 1.82) is 0 Å². The zero-order valence-electron chi connectivity index (χ0n) is 50.5. The quantitative estimate of drug-likeness (QED) is 0.0261. The Morgan fingerprint density at radius 2 is 0.513 bits per heavy atom. The summed E-state index contributed by atoms with van der Waals surface area (Å²) in [4.78, 5) is 37.9. The van der Waals surface area contributed by atoms with Gasteiger partial charge in [0.1, 0.15) is 13.2 Å². The van der Waals surface area contributed by atoms with E-state index in [1.165, 1.54) is 180 Å². The third-order valence-electron chi connectivity index (χ3n) is 14.5. The number of esters is 3. The molecule has 0 aliphatic carbocycles. The molecule has 0 N–H and O–H groups in total. The number of unbranched alkanes of at least 4 members (excludes halogenated alkanes) is 37. The van der Waals surface area contributed by atoms with Crippen LogP contribution < -0.4 is 0 Å². The van der Waals surface area contributed by atoms with Gasteiger partial charge in [-0.05, 0) is 70.6 Å². The van der Waals surface area contributed by atoms with Crippen molar-refractivity contribution < 1.29 is 28.6 Å². The lowest BCUT2D eigenvalue weighted by Gasteiger charge is -2.18. The van der Waals surface area contributed by atoms with Gasteiger partial charge in [0.2, 0.25) is 0 Å². The molecule has 0 saturated carbocycles. The van der Waals surface area contributed by atoms with Gasteiger partial charge >= 0.3 is 17.9 Å². The van der Waals surface area contributed by atoms with Crippen molar-refractivity contribution in [2.75, 3.05) is 13.2 Å². The molecule has 6 heteroatoms. The molecule has 0 bridgehead atoms. The van der Waals surface area contributed by atoms with E-state index in [0.717, 1.165) is 116 Å². The minimum Gasteiger partial charge on any atom is -0.462 e. The Balaban J connectivity index is 4.02. The Kier molecular flexibility index (Phi) is 61.7. The summed E-state index contributed by atoms with van der Waals surface area (Å²) >= 11 is 0. The fraction of sp³-hybridized carbons (Fsp3) is 0.786.